The van der Waals surface area contributed by atoms with Crippen molar-refractivity contribution < 1.29 is 13.2 Å². The molecule has 5 nitrogen and oxygen atoms in total. The molecule has 2 bridgehead atoms. The van der Waals surface area contributed by atoms with Gasteiger partial charge in [-0.15, -0.1) is 12.4 Å². The fourth-order valence-electron chi connectivity index (χ4n) is 4.93. The van der Waals surface area contributed by atoms with Crippen LogP contribution in [0.3, 0.4) is 0 Å². The molecule has 1 aromatic rings. The fraction of sp³-hybridized carbons (Fsp3) is 0.632. The monoisotopic (exact) mass is 432 g/mol. The van der Waals surface area contributed by atoms with Crippen molar-refractivity contribution >= 4 is 39.8 Å². The number of nitrogens with zero attached hydrogens (tertiary/aromatic N) is 1. The van der Waals surface area contributed by atoms with Gasteiger partial charge >= 0.3 is 0 Å². The third-order valence-corrected chi connectivity index (χ3v) is 9.08. The van der Waals surface area contributed by atoms with Gasteiger partial charge in [-0.05, 0) is 62.9 Å². The number of hydrogen-bond acceptors (Lipinski definition) is 4. The normalized spacial score (nSPS) is 27.1. The lowest BCUT2D eigenvalue weighted by Gasteiger charge is -2.37. The highest BCUT2D eigenvalue weighted by Gasteiger charge is 2.57. The second-order valence-electron chi connectivity index (χ2n) is 7.75. The summed E-state index contributed by atoms with van der Waals surface area (Å²) >= 11 is 5.93. The van der Waals surface area contributed by atoms with Crippen molar-refractivity contribution in [1.82, 2.24) is 10.2 Å². The minimum absolute atomic E-state index is 0. The molecule has 2 heterocycles. The number of rotatable bonds is 3. The van der Waals surface area contributed by atoms with Crippen LogP contribution < -0.4 is 5.32 Å². The molecule has 0 radical (unpaired) electrons. The Kier molecular flexibility index (Phi) is 6.11. The summed E-state index contributed by atoms with van der Waals surface area (Å²) in [5.41, 5.74) is 0. The van der Waals surface area contributed by atoms with Crippen molar-refractivity contribution in [3.8, 4) is 0 Å². The molecule has 1 amide bonds. The molecule has 8 heteroatoms. The number of benzene rings is 1. The number of amides is 1. The highest BCUT2D eigenvalue weighted by Crippen LogP contribution is 2.44. The van der Waals surface area contributed by atoms with Gasteiger partial charge in [-0.2, -0.15) is 0 Å². The topological polar surface area (TPSA) is 66.5 Å². The summed E-state index contributed by atoms with van der Waals surface area (Å²) in [6.07, 6.45) is 5.23. The van der Waals surface area contributed by atoms with Crippen molar-refractivity contribution in [2.24, 2.45) is 0 Å². The molecule has 2 atom stereocenters. The van der Waals surface area contributed by atoms with Gasteiger partial charge in [0, 0.05) is 23.7 Å². The summed E-state index contributed by atoms with van der Waals surface area (Å²) in [6.45, 7) is 1.65. The van der Waals surface area contributed by atoms with Crippen LogP contribution in [0.5, 0.6) is 0 Å². The lowest BCUT2D eigenvalue weighted by molar-refractivity contribution is -0.136. The lowest BCUT2D eigenvalue weighted by atomic mass is 10.0. The number of halogens is 2. The van der Waals surface area contributed by atoms with Crippen molar-refractivity contribution in [3.05, 3.63) is 29.3 Å². The molecule has 0 spiro atoms. The van der Waals surface area contributed by atoms with Crippen molar-refractivity contribution in [3.63, 3.8) is 0 Å². The number of nitrogens with one attached hydrogen (secondary N) is 1. The van der Waals surface area contributed by atoms with Crippen LogP contribution in [-0.2, 0) is 14.6 Å². The van der Waals surface area contributed by atoms with E-state index in [1.807, 2.05) is 4.90 Å². The Bertz CT molecular complexity index is 778. The van der Waals surface area contributed by atoms with Gasteiger partial charge < -0.3 is 10.2 Å². The van der Waals surface area contributed by atoms with Crippen molar-refractivity contribution in [1.29, 1.82) is 0 Å². The Morgan fingerprint density at radius 2 is 1.70 bits per heavy atom. The second-order valence-corrected chi connectivity index (χ2v) is 10.4. The highest BCUT2D eigenvalue weighted by molar-refractivity contribution is 7.93. The van der Waals surface area contributed by atoms with Gasteiger partial charge in [-0.1, -0.05) is 24.4 Å². The molecule has 3 fully saturated rings. The van der Waals surface area contributed by atoms with E-state index in [-0.39, 0.29) is 35.3 Å². The molecule has 2 aliphatic heterocycles. The first kappa shape index (κ1) is 20.9. The molecule has 1 aliphatic carbocycles. The quantitative estimate of drug-likeness (QED) is 0.795. The Balaban J connectivity index is 0.00000210. The zero-order valence-electron chi connectivity index (χ0n) is 15.2. The molecular weight excluding hydrogens is 407 g/mol. The first-order valence-corrected chi connectivity index (χ1v) is 11.4. The van der Waals surface area contributed by atoms with Crippen LogP contribution in [0.2, 0.25) is 5.02 Å². The Labute approximate surface area is 172 Å². The summed E-state index contributed by atoms with van der Waals surface area (Å²) in [6, 6.07) is 6.52. The Morgan fingerprint density at radius 3 is 2.37 bits per heavy atom. The number of carbonyl (C=O) groups excluding carboxylic acids is 1. The maximum Gasteiger partial charge on any atom is 0.244 e. The molecule has 0 aromatic heterocycles. The molecule has 1 saturated carbocycles. The summed E-state index contributed by atoms with van der Waals surface area (Å²) in [5.74, 6) is -0.166. The van der Waals surface area contributed by atoms with E-state index in [1.165, 1.54) is 12.1 Å². The smallest absolute Gasteiger partial charge is 0.244 e. The van der Waals surface area contributed by atoms with E-state index in [9.17, 15) is 13.2 Å². The molecule has 1 N–H and O–H groups in total. The number of sulfone groups is 1. The zero-order chi connectivity index (χ0) is 18.4. The van der Waals surface area contributed by atoms with Crippen LogP contribution in [0.15, 0.2) is 29.2 Å². The van der Waals surface area contributed by atoms with Gasteiger partial charge in [0.25, 0.3) is 0 Å². The Hall–Kier alpha value is -0.820. The van der Waals surface area contributed by atoms with Crippen LogP contribution in [0.1, 0.15) is 44.9 Å². The lowest BCUT2D eigenvalue weighted by Crippen LogP contribution is -2.56. The van der Waals surface area contributed by atoms with E-state index in [0.717, 1.165) is 45.2 Å². The van der Waals surface area contributed by atoms with Crippen LogP contribution in [0.25, 0.3) is 0 Å². The van der Waals surface area contributed by atoms with Crippen LogP contribution in [0, 0.1) is 0 Å². The molecule has 3 aliphatic rings. The third-order valence-electron chi connectivity index (χ3n) is 6.33. The fourth-order valence-corrected chi connectivity index (χ4v) is 7.17. The molecule has 1 aromatic carbocycles. The Morgan fingerprint density at radius 1 is 1.07 bits per heavy atom. The highest BCUT2D eigenvalue weighted by atomic mass is 35.5. The summed E-state index contributed by atoms with van der Waals surface area (Å²) < 4.78 is 25.8. The molecule has 150 valence electrons. The van der Waals surface area contributed by atoms with Crippen LogP contribution in [0.4, 0.5) is 0 Å². The van der Waals surface area contributed by atoms with Gasteiger partial charge in [0.1, 0.15) is 0 Å². The minimum Gasteiger partial charge on any atom is -0.334 e. The van der Waals surface area contributed by atoms with Crippen LogP contribution >= 0.6 is 24.0 Å². The number of hydrogen-bond donors (Lipinski definition) is 1. The van der Waals surface area contributed by atoms with Crippen molar-refractivity contribution in [2.75, 3.05) is 13.1 Å². The van der Waals surface area contributed by atoms with E-state index in [1.54, 1.807) is 12.1 Å². The molecule has 2 unspecified atom stereocenters. The third kappa shape index (κ3) is 3.39. The molecule has 2 saturated heterocycles. The number of carbonyl (C=O) groups is 1. The maximum atomic E-state index is 13.7. The first-order valence-electron chi connectivity index (χ1n) is 9.49. The first-order chi connectivity index (χ1) is 12.5. The molecular formula is C19H26Cl2N2O3S. The summed E-state index contributed by atoms with van der Waals surface area (Å²) in [5, 5.41) is 3.88. The van der Waals surface area contributed by atoms with E-state index >= 15 is 0 Å². The maximum absolute atomic E-state index is 13.7. The zero-order valence-corrected chi connectivity index (χ0v) is 17.6. The number of fused-ring (bicyclic) bond motifs is 2. The second kappa shape index (κ2) is 7.90. The summed E-state index contributed by atoms with van der Waals surface area (Å²) in [4.78, 5) is 15.9. The van der Waals surface area contributed by atoms with Gasteiger partial charge in [0.2, 0.25) is 5.91 Å². The average molecular weight is 433 g/mol. The predicted molar refractivity (Wildman–Crippen MR) is 108 cm³/mol. The predicted octanol–water partition coefficient (Wildman–Crippen LogP) is 3.20. The van der Waals surface area contributed by atoms with E-state index in [2.05, 4.69) is 5.32 Å². The van der Waals surface area contributed by atoms with Gasteiger partial charge in [-0.3, -0.25) is 4.79 Å². The molecule has 27 heavy (non-hydrogen) atoms. The van der Waals surface area contributed by atoms with E-state index in [4.69, 9.17) is 11.6 Å². The van der Waals surface area contributed by atoms with Crippen molar-refractivity contribution in [2.45, 2.75) is 66.7 Å². The standard InChI is InChI=1S/C19H25ClN2O3S.ClH/c20-14-3-7-17(8-4-14)26(24,25)19(10-1-2-11-19)18(23)22-15-5-6-16(22)13-21-12-9-15;/h3-4,7-8,15-16,21H,1-2,5-6,9-13H2;1H. The van der Waals surface area contributed by atoms with E-state index < -0.39 is 14.6 Å². The average Bonchev–Trinajstić information content (AvgIpc) is 3.20. The van der Waals surface area contributed by atoms with Gasteiger partial charge in [0.15, 0.2) is 14.6 Å². The SMILES string of the molecule is Cl.O=C(N1C2CCNCC1CC2)C1(S(=O)(=O)c2ccc(Cl)cc2)CCCC1. The van der Waals surface area contributed by atoms with E-state index in [0.29, 0.717) is 17.9 Å². The molecule has 4 rings (SSSR count). The van der Waals surface area contributed by atoms with Gasteiger partial charge in [0.05, 0.1) is 4.90 Å². The minimum atomic E-state index is -3.77. The summed E-state index contributed by atoms with van der Waals surface area (Å²) in [7, 11) is -3.77. The van der Waals surface area contributed by atoms with Crippen LogP contribution in [-0.4, -0.2) is 49.1 Å². The van der Waals surface area contributed by atoms with Gasteiger partial charge in [-0.25, -0.2) is 8.42 Å². The largest absolute Gasteiger partial charge is 0.334 e.